The highest BCUT2D eigenvalue weighted by Gasteiger charge is 2.53. The predicted octanol–water partition coefficient (Wildman–Crippen LogP) is 10.0. The number of carboxylic acid groups (broad SMARTS) is 1. The molecule has 0 radical (unpaired) electrons. The lowest BCUT2D eigenvalue weighted by atomic mass is 9.84. The number of nitrogens with zero attached hydrogens (tertiary/aromatic N) is 2. The van der Waals surface area contributed by atoms with Crippen molar-refractivity contribution in [3.63, 3.8) is 0 Å². The van der Waals surface area contributed by atoms with Crippen LogP contribution in [0.1, 0.15) is 163 Å². The molecule has 2 aromatic rings. The van der Waals surface area contributed by atoms with E-state index in [0.717, 1.165) is 65.0 Å². The third-order valence-corrected chi connectivity index (χ3v) is 16.4. The topological polar surface area (TPSA) is 224 Å². The molecule has 4 heterocycles. The van der Waals surface area contributed by atoms with Crippen molar-refractivity contribution in [2.75, 3.05) is 6.54 Å². The van der Waals surface area contributed by atoms with Gasteiger partial charge in [0.15, 0.2) is 11.5 Å². The molecule has 4 aliphatic heterocycles. The molecule has 0 bridgehead atoms. The van der Waals surface area contributed by atoms with Crippen molar-refractivity contribution in [2.45, 2.75) is 186 Å². The molecule has 0 unspecified atom stereocenters. The smallest absolute Gasteiger partial charge is 0.484 e. The molecule has 16 nitrogen and oxygen atoms in total. The first-order valence-corrected chi connectivity index (χ1v) is 28.0. The summed E-state index contributed by atoms with van der Waals surface area (Å²) in [4.78, 5) is 43.4. The summed E-state index contributed by atoms with van der Waals surface area (Å²) in [6, 6.07) is -0.108. The zero-order valence-corrected chi connectivity index (χ0v) is 45.7. The number of allylic oxidation sites excluding steroid dienone is 8. The highest BCUT2D eigenvalue weighted by molar-refractivity contribution is 7.88. The Hall–Kier alpha value is -5.59. The predicted molar refractivity (Wildman–Crippen MR) is 270 cm³/mol. The first-order chi connectivity index (χ1) is 35.6. The van der Waals surface area contributed by atoms with E-state index in [9.17, 15) is 72.9 Å². The van der Waals surface area contributed by atoms with Crippen molar-refractivity contribution in [2.24, 2.45) is 0 Å². The molecule has 4 aliphatic rings. The Morgan fingerprint density at radius 3 is 1.51 bits per heavy atom. The van der Waals surface area contributed by atoms with Crippen molar-refractivity contribution in [3.05, 3.63) is 92.1 Å². The maximum Gasteiger partial charge on any atom is 0.534 e. The fraction of sp³-hybridized carbons (Fsp3) is 0.566. The fourth-order valence-electron chi connectivity index (χ4n) is 9.85. The number of alkyl halides is 6. The molecule has 426 valence electrons. The number of ether oxygens (including phenoxy) is 2. The van der Waals surface area contributed by atoms with Gasteiger partial charge < -0.3 is 43.0 Å². The minimum Gasteiger partial charge on any atom is -0.484 e. The van der Waals surface area contributed by atoms with Gasteiger partial charge in [0.05, 0.1) is 36.4 Å². The second-order valence-corrected chi connectivity index (χ2v) is 24.2. The van der Waals surface area contributed by atoms with Crippen molar-refractivity contribution in [1.29, 1.82) is 0 Å². The number of aliphatic hydroxyl groups excluding tert-OH is 2. The molecule has 0 fully saturated rings. The lowest BCUT2D eigenvalue weighted by Crippen LogP contribution is -2.49. The maximum absolute atomic E-state index is 14.2. The van der Waals surface area contributed by atoms with Crippen molar-refractivity contribution in [3.8, 4) is 23.0 Å². The van der Waals surface area contributed by atoms with Crippen molar-refractivity contribution >= 4 is 38.0 Å². The highest BCUT2D eigenvalue weighted by atomic mass is 32.2. The number of fused-ring (bicyclic) bond motifs is 6. The molecule has 0 saturated carbocycles. The number of aliphatic hydroxyl groups is 2. The average Bonchev–Trinajstić information content (AvgIpc) is 3.80. The normalized spacial score (nSPS) is 22.1. The van der Waals surface area contributed by atoms with Crippen LogP contribution in [0.25, 0.3) is 0 Å². The van der Waals surface area contributed by atoms with Gasteiger partial charge in [0.1, 0.15) is 28.7 Å². The number of hydrogen-bond acceptors (Lipinski definition) is 13. The molecule has 0 spiro atoms. The van der Waals surface area contributed by atoms with E-state index in [1.54, 1.807) is 13.8 Å². The summed E-state index contributed by atoms with van der Waals surface area (Å²) in [7, 11) is -12.6. The molecule has 24 heteroatoms. The maximum atomic E-state index is 14.2. The molecule has 3 N–H and O–H groups in total. The monoisotopic (exact) mass is 1130 g/mol. The van der Waals surface area contributed by atoms with Crippen LogP contribution in [0.15, 0.2) is 58.7 Å². The van der Waals surface area contributed by atoms with E-state index in [4.69, 9.17) is 9.47 Å². The zero-order valence-electron chi connectivity index (χ0n) is 44.1. The summed E-state index contributed by atoms with van der Waals surface area (Å²) in [6.45, 7) is 13.9. The lowest BCUT2D eigenvalue weighted by molar-refractivity contribution is -0.142. The summed E-state index contributed by atoms with van der Waals surface area (Å²) in [5.74, 6) is -5.64. The molecule has 5 atom stereocenters. The summed E-state index contributed by atoms with van der Waals surface area (Å²) >= 11 is 0. The van der Waals surface area contributed by atoms with Crippen LogP contribution in [-0.2, 0) is 51.0 Å². The number of carboxylic acids is 1. The van der Waals surface area contributed by atoms with Crippen molar-refractivity contribution < 1.29 is 90.7 Å². The highest BCUT2D eigenvalue weighted by Crippen LogP contribution is 2.50. The molecule has 2 aromatic carbocycles. The van der Waals surface area contributed by atoms with Crippen LogP contribution in [-0.4, -0.2) is 107 Å². The lowest BCUT2D eigenvalue weighted by Gasteiger charge is -2.41. The van der Waals surface area contributed by atoms with E-state index in [2.05, 4.69) is 20.5 Å². The van der Waals surface area contributed by atoms with Crippen LogP contribution in [0.2, 0.25) is 0 Å². The number of carbonyl (C=O) groups excluding carboxylic acids is 2. The van der Waals surface area contributed by atoms with E-state index >= 15 is 0 Å². The van der Waals surface area contributed by atoms with Gasteiger partial charge in [-0.25, -0.2) is 4.79 Å². The van der Waals surface area contributed by atoms with Crippen LogP contribution in [0.3, 0.4) is 0 Å². The first kappa shape index (κ1) is 60.6. The van der Waals surface area contributed by atoms with Crippen LogP contribution >= 0.6 is 0 Å². The molecule has 0 aliphatic carbocycles. The molecule has 0 saturated heterocycles. The summed E-state index contributed by atoms with van der Waals surface area (Å²) in [5, 5.41) is 33.4. The molecule has 77 heavy (non-hydrogen) atoms. The van der Waals surface area contributed by atoms with Crippen LogP contribution < -0.4 is 17.8 Å². The van der Waals surface area contributed by atoms with Crippen LogP contribution in [0, 0.1) is 0 Å². The molecular formula is C53H66F6N2O14S2. The van der Waals surface area contributed by atoms with Gasteiger partial charge in [0.2, 0.25) is 0 Å². The number of amides is 2. The number of halogens is 6. The summed E-state index contributed by atoms with van der Waals surface area (Å²) in [5.41, 5.74) is -11.3. The number of rotatable bonds is 22. The number of aliphatic carboxylic acids is 1. The summed E-state index contributed by atoms with van der Waals surface area (Å²) < 4.78 is 153. The average molecular weight is 1130 g/mol. The molecule has 6 rings (SSSR count). The van der Waals surface area contributed by atoms with Crippen LogP contribution in [0.4, 0.5) is 26.3 Å². The molecule has 0 aromatic heterocycles. The van der Waals surface area contributed by atoms with Gasteiger partial charge in [-0.05, 0) is 132 Å². The Labute approximate surface area is 444 Å². The van der Waals surface area contributed by atoms with E-state index in [-0.39, 0.29) is 78.1 Å². The first-order valence-electron chi connectivity index (χ1n) is 25.1. The van der Waals surface area contributed by atoms with Gasteiger partial charge in [-0.2, -0.15) is 43.2 Å². The molecular weight excluding hydrogens is 1070 g/mol. The van der Waals surface area contributed by atoms with Gasteiger partial charge in [0, 0.05) is 41.6 Å². The summed E-state index contributed by atoms with van der Waals surface area (Å²) in [6.07, 6.45) is 8.15. The van der Waals surface area contributed by atoms with Gasteiger partial charge in [-0.3, -0.25) is 9.59 Å². The van der Waals surface area contributed by atoms with E-state index < -0.39 is 115 Å². The third kappa shape index (κ3) is 13.5. The van der Waals surface area contributed by atoms with Gasteiger partial charge in [-0.1, -0.05) is 46.6 Å². The fourth-order valence-corrected chi connectivity index (χ4v) is 10.8. The standard InChI is InChI=1S/C53H66F6N2O14S2/c1-30(2)14-9-16-32(5)18-11-21-50(7)43(62)26-36-41(74-76(68,69)52(54,55)56)24-34-38(45(36)72-50)28-60(47(34)64)23-13-20-40(49(66)67)61-29-39-35(48(61)65)25-42(75-77(70,71)53(57,58)59)37-27-44(63)51(8,73-46(37)39)22-12-19-33(6)17-10-15-31(3)4/h14-15,18-19,24-25,40,43-44,62-63H,9-13,16-17,20-23,26-29H2,1-8H3,(H,66,67)/b32-18+,33-19+/t40-,43-,44-,50+,51+/m0/s1. The second-order valence-electron chi connectivity index (χ2n) is 21.1. The van der Waals surface area contributed by atoms with E-state index in [1.165, 1.54) is 4.90 Å². The quantitative estimate of drug-likeness (QED) is 0.0432. The number of carbonyl (C=O) groups is 3. The SMILES string of the molecule is CC(C)=CCC/C(C)=C/CC[C@@]1(C)Oc2c(c(OS(=O)(=O)C(F)(F)F)cc3c2CN(CCC[C@@H](C(=O)O)N2Cc4c(cc(OS(=O)(=O)C(F)(F)F)c5c4O[C@](C)(CC/C=C(\C)CCC=C(C)C)[C@@H](O)C5)C2=O)C3=O)C[C@@H]1O. The minimum absolute atomic E-state index is 0.00262. The minimum atomic E-state index is -6.33. The Kier molecular flexibility index (Phi) is 18.1. The zero-order chi connectivity index (χ0) is 57.4. The van der Waals surface area contributed by atoms with E-state index in [0.29, 0.717) is 12.8 Å². The number of benzene rings is 2. The second kappa shape index (κ2) is 23.0. The van der Waals surface area contributed by atoms with Gasteiger partial charge in [-0.15, -0.1) is 0 Å². The Morgan fingerprint density at radius 1 is 0.688 bits per heavy atom. The van der Waals surface area contributed by atoms with Gasteiger partial charge in [0.25, 0.3) is 11.8 Å². The molecule has 2 amide bonds. The Morgan fingerprint density at radius 2 is 1.10 bits per heavy atom. The Balaban J connectivity index is 1.25. The largest absolute Gasteiger partial charge is 0.534 e. The third-order valence-electron chi connectivity index (χ3n) is 14.4. The Bertz CT molecular complexity index is 3000. The van der Waals surface area contributed by atoms with Crippen LogP contribution in [0.5, 0.6) is 23.0 Å². The van der Waals surface area contributed by atoms with Crippen molar-refractivity contribution in [1.82, 2.24) is 9.80 Å². The van der Waals surface area contributed by atoms with Gasteiger partial charge >= 0.3 is 37.2 Å². The van der Waals surface area contributed by atoms with E-state index in [1.807, 2.05) is 53.7 Å². The number of hydrogen-bond donors (Lipinski definition) is 3.